The Morgan fingerprint density at radius 3 is 2.30 bits per heavy atom. The molecular weight excluding hydrogens is 364 g/mol. The number of halogens is 1. The van der Waals surface area contributed by atoms with Gasteiger partial charge in [0.05, 0.1) is 0 Å². The van der Waals surface area contributed by atoms with Crippen LogP contribution in [0.5, 0.6) is 5.75 Å². The minimum Gasteiger partial charge on any atom is -0.489 e. The SMILES string of the molecule is NC(=O)c1ccc(NC(=O)c2cccc(COc3ccc(Cl)cc3)c2)cc1. The second-order valence-corrected chi connectivity index (χ2v) is 6.28. The van der Waals surface area contributed by atoms with E-state index in [1.54, 1.807) is 66.7 Å². The lowest BCUT2D eigenvalue weighted by Gasteiger charge is -2.09. The fraction of sp³-hybridized carbons (Fsp3) is 0.0476. The number of primary amides is 1. The number of nitrogens with two attached hydrogens (primary N) is 1. The largest absolute Gasteiger partial charge is 0.489 e. The topological polar surface area (TPSA) is 81.4 Å². The summed E-state index contributed by atoms with van der Waals surface area (Å²) in [6, 6.07) is 20.6. The maximum absolute atomic E-state index is 12.4. The van der Waals surface area contributed by atoms with E-state index in [0.29, 0.717) is 34.2 Å². The van der Waals surface area contributed by atoms with Crippen LogP contribution >= 0.6 is 11.6 Å². The molecule has 136 valence electrons. The third kappa shape index (κ3) is 5.09. The van der Waals surface area contributed by atoms with Crippen molar-refractivity contribution >= 4 is 29.1 Å². The minimum absolute atomic E-state index is 0.254. The third-order valence-electron chi connectivity index (χ3n) is 3.84. The number of nitrogens with one attached hydrogen (secondary N) is 1. The summed E-state index contributed by atoms with van der Waals surface area (Å²) in [5.74, 6) is -0.0692. The number of amides is 2. The van der Waals surface area contributed by atoms with E-state index in [4.69, 9.17) is 22.1 Å². The zero-order valence-corrected chi connectivity index (χ0v) is 15.1. The van der Waals surface area contributed by atoms with Crippen molar-refractivity contribution in [2.24, 2.45) is 5.73 Å². The smallest absolute Gasteiger partial charge is 0.255 e. The number of hydrogen-bond donors (Lipinski definition) is 2. The molecule has 27 heavy (non-hydrogen) atoms. The van der Waals surface area contributed by atoms with Crippen molar-refractivity contribution < 1.29 is 14.3 Å². The van der Waals surface area contributed by atoms with Gasteiger partial charge in [-0.15, -0.1) is 0 Å². The van der Waals surface area contributed by atoms with Gasteiger partial charge in [-0.3, -0.25) is 9.59 Å². The summed E-state index contributed by atoms with van der Waals surface area (Å²) >= 11 is 5.85. The van der Waals surface area contributed by atoms with Crippen LogP contribution in [0.3, 0.4) is 0 Å². The Labute approximate surface area is 161 Å². The molecule has 3 rings (SSSR count). The first-order valence-corrected chi connectivity index (χ1v) is 8.57. The van der Waals surface area contributed by atoms with Gasteiger partial charge in [-0.1, -0.05) is 23.7 Å². The van der Waals surface area contributed by atoms with Gasteiger partial charge in [0.1, 0.15) is 12.4 Å². The van der Waals surface area contributed by atoms with Crippen LogP contribution in [-0.4, -0.2) is 11.8 Å². The molecule has 0 saturated carbocycles. The summed E-state index contributed by atoms with van der Waals surface area (Å²) in [5.41, 5.74) is 7.53. The first kappa shape index (κ1) is 18.5. The van der Waals surface area contributed by atoms with Crippen molar-refractivity contribution in [3.05, 3.63) is 94.5 Å². The predicted molar refractivity (Wildman–Crippen MR) is 105 cm³/mol. The van der Waals surface area contributed by atoms with Crippen LogP contribution in [0.25, 0.3) is 0 Å². The van der Waals surface area contributed by atoms with Gasteiger partial charge in [-0.05, 0) is 66.2 Å². The molecule has 3 aromatic carbocycles. The number of benzene rings is 3. The van der Waals surface area contributed by atoms with Crippen LogP contribution < -0.4 is 15.8 Å². The summed E-state index contributed by atoms with van der Waals surface area (Å²) in [5, 5.41) is 3.43. The number of rotatable bonds is 6. The second kappa shape index (κ2) is 8.38. The fourth-order valence-corrected chi connectivity index (χ4v) is 2.55. The van der Waals surface area contributed by atoms with E-state index >= 15 is 0 Å². The lowest BCUT2D eigenvalue weighted by molar-refractivity contribution is 0.0998. The molecule has 0 saturated heterocycles. The Bertz CT molecular complexity index is 954. The van der Waals surface area contributed by atoms with Crippen LogP contribution in [0.15, 0.2) is 72.8 Å². The Morgan fingerprint density at radius 1 is 0.926 bits per heavy atom. The number of carbonyl (C=O) groups excluding carboxylic acids is 2. The number of carbonyl (C=O) groups is 2. The summed E-state index contributed by atoms with van der Waals surface area (Å²) < 4.78 is 5.70. The highest BCUT2D eigenvalue weighted by Gasteiger charge is 2.08. The molecule has 5 nitrogen and oxygen atoms in total. The first-order chi connectivity index (χ1) is 13.0. The van der Waals surface area contributed by atoms with Gasteiger partial charge >= 0.3 is 0 Å². The van der Waals surface area contributed by atoms with Gasteiger partial charge in [0.15, 0.2) is 0 Å². The Hall–Kier alpha value is -3.31. The Kier molecular flexibility index (Phi) is 5.74. The molecular formula is C21H17ClN2O3. The highest BCUT2D eigenvalue weighted by atomic mass is 35.5. The fourth-order valence-electron chi connectivity index (χ4n) is 2.42. The van der Waals surface area contributed by atoms with Gasteiger partial charge in [0.25, 0.3) is 5.91 Å². The molecule has 0 spiro atoms. The van der Waals surface area contributed by atoms with E-state index in [9.17, 15) is 9.59 Å². The van der Waals surface area contributed by atoms with Crippen LogP contribution in [0, 0.1) is 0 Å². The molecule has 0 unspecified atom stereocenters. The number of anilines is 1. The summed E-state index contributed by atoms with van der Waals surface area (Å²) in [7, 11) is 0. The molecule has 0 aliphatic carbocycles. The van der Waals surface area contributed by atoms with Crippen molar-refractivity contribution in [3.63, 3.8) is 0 Å². The van der Waals surface area contributed by atoms with Crippen LogP contribution in [0.1, 0.15) is 26.3 Å². The molecule has 0 aromatic heterocycles. The monoisotopic (exact) mass is 380 g/mol. The molecule has 0 bridgehead atoms. The maximum atomic E-state index is 12.4. The number of ether oxygens (including phenoxy) is 1. The van der Waals surface area contributed by atoms with E-state index in [2.05, 4.69) is 5.32 Å². The van der Waals surface area contributed by atoms with Crippen molar-refractivity contribution in [3.8, 4) is 5.75 Å². The van der Waals surface area contributed by atoms with Crippen LogP contribution in [0.4, 0.5) is 5.69 Å². The van der Waals surface area contributed by atoms with Gasteiger partial charge in [-0.25, -0.2) is 0 Å². The molecule has 0 aliphatic heterocycles. The highest BCUT2D eigenvalue weighted by molar-refractivity contribution is 6.30. The molecule has 2 amide bonds. The Balaban J connectivity index is 1.64. The molecule has 0 aliphatic rings. The van der Waals surface area contributed by atoms with Crippen molar-refractivity contribution in [1.29, 1.82) is 0 Å². The van der Waals surface area contributed by atoms with Gasteiger partial charge in [0.2, 0.25) is 5.91 Å². The third-order valence-corrected chi connectivity index (χ3v) is 4.09. The molecule has 0 atom stereocenters. The lowest BCUT2D eigenvalue weighted by Crippen LogP contribution is -2.13. The maximum Gasteiger partial charge on any atom is 0.255 e. The molecule has 6 heteroatoms. The van der Waals surface area contributed by atoms with E-state index in [-0.39, 0.29) is 5.91 Å². The molecule has 0 heterocycles. The minimum atomic E-state index is -0.513. The van der Waals surface area contributed by atoms with Gasteiger partial charge < -0.3 is 15.8 Å². The quantitative estimate of drug-likeness (QED) is 0.670. The molecule has 3 aromatic rings. The summed E-state index contributed by atoms with van der Waals surface area (Å²) in [6.07, 6.45) is 0. The van der Waals surface area contributed by atoms with E-state index in [1.165, 1.54) is 0 Å². The second-order valence-electron chi connectivity index (χ2n) is 5.84. The molecule has 3 N–H and O–H groups in total. The zero-order valence-electron chi connectivity index (χ0n) is 14.3. The standard InChI is InChI=1S/C21H17ClN2O3/c22-17-6-10-19(11-7-17)27-13-14-2-1-3-16(12-14)21(26)24-18-8-4-15(5-9-18)20(23)25/h1-12H,13H2,(H2,23,25)(H,24,26). The van der Waals surface area contributed by atoms with E-state index < -0.39 is 5.91 Å². The van der Waals surface area contributed by atoms with Crippen molar-refractivity contribution in [1.82, 2.24) is 0 Å². The molecule has 0 radical (unpaired) electrons. The van der Waals surface area contributed by atoms with Gasteiger partial charge in [-0.2, -0.15) is 0 Å². The molecule has 0 fully saturated rings. The van der Waals surface area contributed by atoms with Crippen LogP contribution in [0.2, 0.25) is 5.02 Å². The average molecular weight is 381 g/mol. The normalized spacial score (nSPS) is 10.3. The van der Waals surface area contributed by atoms with Gasteiger partial charge in [0, 0.05) is 21.8 Å². The van der Waals surface area contributed by atoms with Crippen molar-refractivity contribution in [2.45, 2.75) is 6.61 Å². The predicted octanol–water partition coefficient (Wildman–Crippen LogP) is 4.27. The summed E-state index contributed by atoms with van der Waals surface area (Å²) in [6.45, 7) is 0.329. The number of hydrogen-bond acceptors (Lipinski definition) is 3. The van der Waals surface area contributed by atoms with Crippen molar-refractivity contribution in [2.75, 3.05) is 5.32 Å². The Morgan fingerprint density at radius 2 is 1.63 bits per heavy atom. The summed E-state index contributed by atoms with van der Waals surface area (Å²) in [4.78, 5) is 23.5. The zero-order chi connectivity index (χ0) is 19.2. The van der Waals surface area contributed by atoms with E-state index in [0.717, 1.165) is 5.56 Å². The van der Waals surface area contributed by atoms with E-state index in [1.807, 2.05) is 6.07 Å². The first-order valence-electron chi connectivity index (χ1n) is 8.20. The average Bonchev–Trinajstić information content (AvgIpc) is 2.68. The lowest BCUT2D eigenvalue weighted by atomic mass is 10.1. The highest BCUT2D eigenvalue weighted by Crippen LogP contribution is 2.18. The van der Waals surface area contributed by atoms with Crippen LogP contribution in [-0.2, 0) is 6.61 Å².